The third-order valence-electron chi connectivity index (χ3n) is 5.63. The quantitative estimate of drug-likeness (QED) is 0.780. The Morgan fingerprint density at radius 1 is 0.871 bits per heavy atom. The average molecular weight is 422 g/mol. The molecule has 1 aliphatic rings. The molecule has 0 bridgehead atoms. The molecule has 3 amide bonds. The van der Waals surface area contributed by atoms with Crippen LogP contribution in [0.15, 0.2) is 54.6 Å². The van der Waals surface area contributed by atoms with Gasteiger partial charge in [0.1, 0.15) is 6.04 Å². The van der Waals surface area contributed by atoms with Crippen molar-refractivity contribution in [3.05, 3.63) is 71.3 Å². The van der Waals surface area contributed by atoms with E-state index in [4.69, 9.17) is 0 Å². The van der Waals surface area contributed by atoms with Gasteiger partial charge in [-0.1, -0.05) is 61.9 Å². The average Bonchev–Trinajstić information content (AvgIpc) is 2.77. The molecule has 164 valence electrons. The maximum Gasteiger partial charge on any atom is 0.253 e. The summed E-state index contributed by atoms with van der Waals surface area (Å²) >= 11 is 0. The first-order valence-corrected chi connectivity index (χ1v) is 10.8. The van der Waals surface area contributed by atoms with Gasteiger partial charge in [-0.3, -0.25) is 14.4 Å². The molecular formula is C25H31N3O3. The van der Waals surface area contributed by atoms with E-state index in [2.05, 4.69) is 5.32 Å². The number of carbonyl (C=O) groups excluding carboxylic acids is 3. The number of rotatable bonds is 6. The zero-order valence-corrected chi connectivity index (χ0v) is 18.5. The Hall–Kier alpha value is -3.15. The Kier molecular flexibility index (Phi) is 7.45. The van der Waals surface area contributed by atoms with E-state index in [9.17, 15) is 14.4 Å². The normalized spacial score (nSPS) is 15.0. The van der Waals surface area contributed by atoms with Gasteiger partial charge in [0.15, 0.2) is 0 Å². The van der Waals surface area contributed by atoms with Crippen LogP contribution in [0.3, 0.4) is 0 Å². The van der Waals surface area contributed by atoms with Crippen LogP contribution in [0, 0.1) is 12.8 Å². The van der Waals surface area contributed by atoms with Crippen LogP contribution < -0.4 is 5.32 Å². The summed E-state index contributed by atoms with van der Waals surface area (Å²) in [6.07, 6.45) is 0.246. The minimum absolute atomic E-state index is 0.0105. The Labute approximate surface area is 184 Å². The van der Waals surface area contributed by atoms with Gasteiger partial charge in [-0.25, -0.2) is 0 Å². The molecule has 1 atom stereocenters. The molecule has 1 aliphatic heterocycles. The van der Waals surface area contributed by atoms with Gasteiger partial charge in [0.2, 0.25) is 11.8 Å². The van der Waals surface area contributed by atoms with Crippen molar-refractivity contribution in [1.29, 1.82) is 0 Å². The molecule has 0 aliphatic carbocycles. The maximum absolute atomic E-state index is 13.1. The molecule has 3 rings (SSSR count). The van der Waals surface area contributed by atoms with Crippen LogP contribution in [0.5, 0.6) is 0 Å². The lowest BCUT2D eigenvalue weighted by Crippen LogP contribution is -2.57. The highest BCUT2D eigenvalue weighted by Crippen LogP contribution is 2.13. The fourth-order valence-corrected chi connectivity index (χ4v) is 3.72. The predicted molar refractivity (Wildman–Crippen MR) is 121 cm³/mol. The largest absolute Gasteiger partial charge is 0.344 e. The standard InChI is InChI=1S/C25H31N3O3/c1-18(2)23(26-22(29)17-20-7-5-4-6-8-20)25(31)28-15-13-27(14-16-28)24(30)21-11-9-19(3)10-12-21/h4-12,18,23H,13-17H2,1-3H3,(H,26,29). The van der Waals surface area contributed by atoms with E-state index >= 15 is 0 Å². The number of amides is 3. The van der Waals surface area contributed by atoms with Crippen molar-refractivity contribution in [1.82, 2.24) is 15.1 Å². The molecule has 31 heavy (non-hydrogen) atoms. The first-order valence-electron chi connectivity index (χ1n) is 10.8. The lowest BCUT2D eigenvalue weighted by atomic mass is 10.0. The first kappa shape index (κ1) is 22.5. The van der Waals surface area contributed by atoms with E-state index < -0.39 is 6.04 Å². The number of nitrogens with one attached hydrogen (secondary N) is 1. The minimum atomic E-state index is -0.574. The van der Waals surface area contributed by atoms with Gasteiger partial charge in [0.25, 0.3) is 5.91 Å². The highest BCUT2D eigenvalue weighted by molar-refractivity contribution is 5.94. The molecule has 2 aromatic carbocycles. The summed E-state index contributed by atoms with van der Waals surface area (Å²) in [7, 11) is 0. The van der Waals surface area contributed by atoms with Crippen LogP contribution in [0.4, 0.5) is 0 Å². The first-order chi connectivity index (χ1) is 14.8. The summed E-state index contributed by atoms with van der Waals surface area (Å²) in [5.74, 6) is -0.284. The van der Waals surface area contributed by atoms with Gasteiger partial charge in [-0.2, -0.15) is 0 Å². The Bertz CT molecular complexity index is 901. The van der Waals surface area contributed by atoms with Gasteiger partial charge in [0.05, 0.1) is 6.42 Å². The Balaban J connectivity index is 1.56. The smallest absolute Gasteiger partial charge is 0.253 e. The zero-order valence-electron chi connectivity index (χ0n) is 18.5. The summed E-state index contributed by atoms with van der Waals surface area (Å²) in [5, 5.41) is 2.92. The van der Waals surface area contributed by atoms with Crippen molar-refractivity contribution in [2.24, 2.45) is 5.92 Å². The lowest BCUT2D eigenvalue weighted by molar-refractivity contribution is -0.138. The third-order valence-corrected chi connectivity index (χ3v) is 5.63. The van der Waals surface area contributed by atoms with Crippen LogP contribution in [-0.2, 0) is 16.0 Å². The molecule has 6 nitrogen and oxygen atoms in total. The minimum Gasteiger partial charge on any atom is -0.344 e. The second-order valence-electron chi connectivity index (χ2n) is 8.44. The SMILES string of the molecule is Cc1ccc(C(=O)N2CCN(C(=O)C(NC(=O)Cc3ccccc3)C(C)C)CC2)cc1. The molecule has 0 radical (unpaired) electrons. The molecule has 1 unspecified atom stereocenters. The maximum atomic E-state index is 13.1. The second-order valence-corrected chi connectivity index (χ2v) is 8.44. The number of hydrogen-bond acceptors (Lipinski definition) is 3. The van der Waals surface area contributed by atoms with E-state index in [0.717, 1.165) is 11.1 Å². The summed E-state index contributed by atoms with van der Waals surface area (Å²) in [6.45, 7) is 7.76. The van der Waals surface area contributed by atoms with Crippen LogP contribution in [0.2, 0.25) is 0 Å². The van der Waals surface area contributed by atoms with Crippen molar-refractivity contribution in [3.63, 3.8) is 0 Å². The molecule has 1 saturated heterocycles. The molecule has 1 N–H and O–H groups in total. The number of hydrogen-bond donors (Lipinski definition) is 1. The summed E-state index contributed by atoms with van der Waals surface area (Å²) in [5.41, 5.74) is 2.69. The van der Waals surface area contributed by atoms with Gasteiger partial charge in [-0.05, 0) is 30.5 Å². The van der Waals surface area contributed by atoms with E-state index in [1.807, 2.05) is 75.4 Å². The zero-order chi connectivity index (χ0) is 22.4. The van der Waals surface area contributed by atoms with Crippen molar-refractivity contribution in [2.75, 3.05) is 26.2 Å². The highest BCUT2D eigenvalue weighted by atomic mass is 16.2. The van der Waals surface area contributed by atoms with Crippen LogP contribution in [0.1, 0.15) is 35.3 Å². The molecule has 1 heterocycles. The van der Waals surface area contributed by atoms with Crippen LogP contribution >= 0.6 is 0 Å². The number of piperazine rings is 1. The third kappa shape index (κ3) is 5.94. The number of carbonyl (C=O) groups is 3. The van der Waals surface area contributed by atoms with Gasteiger partial charge < -0.3 is 15.1 Å². The molecular weight excluding hydrogens is 390 g/mol. The van der Waals surface area contributed by atoms with Crippen LogP contribution in [0.25, 0.3) is 0 Å². The molecule has 0 aromatic heterocycles. The van der Waals surface area contributed by atoms with Gasteiger partial charge >= 0.3 is 0 Å². The van der Waals surface area contributed by atoms with E-state index in [1.165, 1.54) is 0 Å². The summed E-state index contributed by atoms with van der Waals surface area (Å²) in [4.78, 5) is 41.9. The summed E-state index contributed by atoms with van der Waals surface area (Å²) < 4.78 is 0. The number of nitrogens with zero attached hydrogens (tertiary/aromatic N) is 2. The number of benzene rings is 2. The molecule has 0 saturated carbocycles. The molecule has 1 fully saturated rings. The molecule has 6 heteroatoms. The Morgan fingerprint density at radius 3 is 2.03 bits per heavy atom. The molecule has 0 spiro atoms. The van der Waals surface area contributed by atoms with E-state index in [-0.39, 0.29) is 30.1 Å². The highest BCUT2D eigenvalue weighted by Gasteiger charge is 2.31. The number of aryl methyl sites for hydroxylation is 1. The topological polar surface area (TPSA) is 69.7 Å². The van der Waals surface area contributed by atoms with Crippen molar-refractivity contribution >= 4 is 17.7 Å². The lowest BCUT2D eigenvalue weighted by Gasteiger charge is -2.37. The Morgan fingerprint density at radius 2 is 1.45 bits per heavy atom. The van der Waals surface area contributed by atoms with Crippen molar-refractivity contribution < 1.29 is 14.4 Å². The fraction of sp³-hybridized carbons (Fsp3) is 0.400. The van der Waals surface area contributed by atoms with Crippen molar-refractivity contribution in [2.45, 2.75) is 33.2 Å². The van der Waals surface area contributed by atoms with E-state index in [1.54, 1.807) is 9.80 Å². The van der Waals surface area contributed by atoms with E-state index in [0.29, 0.717) is 31.7 Å². The van der Waals surface area contributed by atoms with Crippen molar-refractivity contribution in [3.8, 4) is 0 Å². The monoisotopic (exact) mass is 421 g/mol. The second kappa shape index (κ2) is 10.2. The fourth-order valence-electron chi connectivity index (χ4n) is 3.72. The van der Waals surface area contributed by atoms with Gasteiger partial charge in [0, 0.05) is 31.7 Å². The van der Waals surface area contributed by atoms with Gasteiger partial charge in [-0.15, -0.1) is 0 Å². The van der Waals surface area contributed by atoms with Crippen LogP contribution in [-0.4, -0.2) is 59.7 Å². The predicted octanol–water partition coefficient (Wildman–Crippen LogP) is 2.66. The summed E-state index contributed by atoms with van der Waals surface area (Å²) in [6, 6.07) is 16.5. The molecule has 2 aromatic rings.